The molecule has 26 heavy (non-hydrogen) atoms. The Labute approximate surface area is 158 Å². The van der Waals surface area contributed by atoms with E-state index in [2.05, 4.69) is 13.1 Å². The first kappa shape index (κ1) is 25.1. The first-order valence-corrected chi connectivity index (χ1v) is 14.2. The van der Waals surface area contributed by atoms with E-state index in [9.17, 15) is 18.6 Å². The average molecular weight is 478 g/mol. The van der Waals surface area contributed by atoms with Gasteiger partial charge in [0.15, 0.2) is 0 Å². The predicted molar refractivity (Wildman–Crippen MR) is 94.2 cm³/mol. The third-order valence-corrected chi connectivity index (χ3v) is 8.57. The third-order valence-electron chi connectivity index (χ3n) is 2.80. The molecule has 0 aliphatic carbocycles. The zero-order valence-electron chi connectivity index (χ0n) is 13.9. The zero-order valence-corrected chi connectivity index (χ0v) is 18.3. The quantitative estimate of drug-likeness (QED) is 0.193. The molecule has 0 bridgehead atoms. The van der Waals surface area contributed by atoms with E-state index >= 15 is 0 Å². The SMILES string of the molecule is CSS[C@@H](C)OC1C[C@H](C)O[C@@H]1COP(=O)(O)OP(=O)(O)OP(=O)(O)O. The molecule has 0 saturated carbocycles. The van der Waals surface area contributed by atoms with Crippen LogP contribution in [0.2, 0.25) is 0 Å². The number of phosphoric ester groups is 1. The van der Waals surface area contributed by atoms with Gasteiger partial charge in [-0.3, -0.25) is 4.52 Å². The van der Waals surface area contributed by atoms with Crippen molar-refractivity contribution in [1.29, 1.82) is 0 Å². The monoisotopic (exact) mass is 478 g/mol. The molecule has 1 heterocycles. The largest absolute Gasteiger partial charge is 0.490 e. The number of hydrogen-bond donors (Lipinski definition) is 4. The second kappa shape index (κ2) is 10.2. The normalized spacial score (nSPS) is 29.9. The maximum Gasteiger partial charge on any atom is 0.490 e. The Morgan fingerprint density at radius 1 is 1.15 bits per heavy atom. The van der Waals surface area contributed by atoms with Gasteiger partial charge < -0.3 is 29.0 Å². The minimum atomic E-state index is -5.54. The number of rotatable bonds is 11. The van der Waals surface area contributed by atoms with Gasteiger partial charge >= 0.3 is 23.5 Å². The second-order valence-corrected chi connectivity index (χ2v) is 12.3. The van der Waals surface area contributed by atoms with E-state index in [0.29, 0.717) is 6.42 Å². The lowest BCUT2D eigenvalue weighted by atomic mass is 10.1. The highest BCUT2D eigenvalue weighted by atomic mass is 33.1. The van der Waals surface area contributed by atoms with Crippen molar-refractivity contribution in [2.75, 3.05) is 12.9 Å². The van der Waals surface area contributed by atoms with Gasteiger partial charge in [0.25, 0.3) is 0 Å². The summed E-state index contributed by atoms with van der Waals surface area (Å²) in [5.41, 5.74) is -0.183. The highest BCUT2D eigenvalue weighted by Gasteiger charge is 2.42. The molecule has 4 N–H and O–H groups in total. The van der Waals surface area contributed by atoms with Gasteiger partial charge in [-0.2, -0.15) is 8.62 Å². The summed E-state index contributed by atoms with van der Waals surface area (Å²) in [6, 6.07) is 0. The highest BCUT2D eigenvalue weighted by Crippen LogP contribution is 2.66. The first-order valence-electron chi connectivity index (χ1n) is 7.02. The van der Waals surface area contributed by atoms with Crippen LogP contribution in [0.4, 0.5) is 0 Å². The number of ether oxygens (including phenoxy) is 2. The van der Waals surface area contributed by atoms with Crippen molar-refractivity contribution in [3.05, 3.63) is 0 Å². The van der Waals surface area contributed by atoms with Crippen LogP contribution in [0.15, 0.2) is 0 Å². The van der Waals surface area contributed by atoms with Crippen molar-refractivity contribution < 1.29 is 55.9 Å². The lowest BCUT2D eigenvalue weighted by Gasteiger charge is -2.23. The van der Waals surface area contributed by atoms with E-state index in [-0.39, 0.29) is 11.5 Å². The summed E-state index contributed by atoms with van der Waals surface area (Å²) >= 11 is 0. The summed E-state index contributed by atoms with van der Waals surface area (Å²) in [6.07, 6.45) is 0.974. The third kappa shape index (κ3) is 9.99. The molecule has 0 aromatic carbocycles. The van der Waals surface area contributed by atoms with Gasteiger partial charge in [-0.05, 0) is 20.1 Å². The molecule has 1 fully saturated rings. The summed E-state index contributed by atoms with van der Waals surface area (Å²) in [5, 5.41) is 0. The van der Waals surface area contributed by atoms with E-state index in [1.54, 1.807) is 6.92 Å². The van der Waals surface area contributed by atoms with Crippen LogP contribution in [0.3, 0.4) is 0 Å². The molecule has 6 atom stereocenters. The van der Waals surface area contributed by atoms with Crippen LogP contribution in [0.5, 0.6) is 0 Å². The average Bonchev–Trinajstić information content (AvgIpc) is 2.72. The Kier molecular flexibility index (Phi) is 9.81. The molecule has 0 radical (unpaired) electrons. The number of phosphoric acid groups is 3. The fourth-order valence-electron chi connectivity index (χ4n) is 2.09. The Morgan fingerprint density at radius 3 is 2.31 bits per heavy atom. The first-order chi connectivity index (χ1) is 11.7. The van der Waals surface area contributed by atoms with Crippen LogP contribution in [-0.2, 0) is 36.3 Å². The topological polar surface area (TPSA) is 178 Å². The summed E-state index contributed by atoms with van der Waals surface area (Å²) in [5.74, 6) is 0. The maximum atomic E-state index is 11.7. The van der Waals surface area contributed by atoms with Crippen molar-refractivity contribution in [2.45, 2.75) is 44.0 Å². The van der Waals surface area contributed by atoms with Crippen molar-refractivity contribution in [3.8, 4) is 0 Å². The molecule has 1 aliphatic rings. The molecule has 17 heteroatoms. The van der Waals surface area contributed by atoms with Crippen molar-refractivity contribution in [1.82, 2.24) is 0 Å². The van der Waals surface area contributed by atoms with Crippen LogP contribution >= 0.6 is 45.1 Å². The molecule has 3 unspecified atom stereocenters. The smallest absolute Gasteiger partial charge is 0.370 e. The Hall–Kier alpha value is 1.03. The zero-order chi connectivity index (χ0) is 20.2. The minimum Gasteiger partial charge on any atom is -0.370 e. The number of hydrogen-bond acceptors (Lipinski definition) is 10. The molecule has 0 amide bonds. The second-order valence-electron chi connectivity index (χ2n) is 5.11. The molecule has 0 aromatic heterocycles. The molecular formula is C9H21O12P3S2. The van der Waals surface area contributed by atoms with Gasteiger partial charge in [-0.25, -0.2) is 13.7 Å². The summed E-state index contributed by atoms with van der Waals surface area (Å²) in [4.78, 5) is 35.5. The molecule has 12 nitrogen and oxygen atoms in total. The van der Waals surface area contributed by atoms with Gasteiger partial charge in [0.1, 0.15) is 11.5 Å². The molecule has 0 spiro atoms. The predicted octanol–water partition coefficient (Wildman–Crippen LogP) is 2.25. The molecule has 156 valence electrons. The Bertz CT molecular complexity index is 598. The fourth-order valence-corrected chi connectivity index (χ4v) is 6.52. The van der Waals surface area contributed by atoms with E-state index in [1.807, 2.05) is 13.2 Å². The lowest BCUT2D eigenvalue weighted by Crippen LogP contribution is -2.30. The van der Waals surface area contributed by atoms with Gasteiger partial charge in [0.05, 0.1) is 18.8 Å². The van der Waals surface area contributed by atoms with E-state index in [0.717, 1.165) is 0 Å². The maximum absolute atomic E-state index is 11.7. The molecule has 1 saturated heterocycles. The van der Waals surface area contributed by atoms with Crippen LogP contribution in [0, 0.1) is 0 Å². The lowest BCUT2D eigenvalue weighted by molar-refractivity contribution is -0.0467. The van der Waals surface area contributed by atoms with Crippen LogP contribution in [0.1, 0.15) is 20.3 Å². The van der Waals surface area contributed by atoms with E-state index in [4.69, 9.17) is 24.2 Å². The highest BCUT2D eigenvalue weighted by molar-refractivity contribution is 8.76. The summed E-state index contributed by atoms with van der Waals surface area (Å²) < 4.78 is 56.7. The summed E-state index contributed by atoms with van der Waals surface area (Å²) in [6.45, 7) is 3.08. The molecule has 1 aliphatic heterocycles. The van der Waals surface area contributed by atoms with Gasteiger partial charge in [-0.1, -0.05) is 21.6 Å². The van der Waals surface area contributed by atoms with Gasteiger partial charge in [0, 0.05) is 6.42 Å². The standard InChI is InChI=1S/C9H21O12P3S2/c1-6-4-8(19-7(2)26-25-3)9(18-6)5-17-23(13,14)21-24(15,16)20-22(10,11)12/h6-9H,4-5H2,1-3H3,(H,13,14)(H,15,16)(H2,10,11,12)/t6-,7-,8?,9+/m0/s1. The van der Waals surface area contributed by atoms with Crippen LogP contribution in [-0.4, -0.2) is 56.2 Å². The Balaban J connectivity index is 2.62. The Morgan fingerprint density at radius 2 is 1.77 bits per heavy atom. The van der Waals surface area contributed by atoms with Crippen LogP contribution < -0.4 is 0 Å². The van der Waals surface area contributed by atoms with E-state index < -0.39 is 42.3 Å². The van der Waals surface area contributed by atoms with Gasteiger partial charge in [0.2, 0.25) is 0 Å². The molecular weight excluding hydrogens is 457 g/mol. The molecule has 1 rings (SSSR count). The van der Waals surface area contributed by atoms with Gasteiger partial charge in [-0.15, -0.1) is 0 Å². The molecule has 0 aromatic rings. The van der Waals surface area contributed by atoms with Crippen LogP contribution in [0.25, 0.3) is 0 Å². The van der Waals surface area contributed by atoms with Crippen molar-refractivity contribution in [3.63, 3.8) is 0 Å². The summed E-state index contributed by atoms with van der Waals surface area (Å²) in [7, 11) is -13.2. The van der Waals surface area contributed by atoms with E-state index in [1.165, 1.54) is 21.6 Å². The van der Waals surface area contributed by atoms with Crippen molar-refractivity contribution >= 4 is 45.1 Å². The minimum absolute atomic E-state index is 0.183. The van der Waals surface area contributed by atoms with Crippen molar-refractivity contribution in [2.24, 2.45) is 0 Å². The fraction of sp³-hybridized carbons (Fsp3) is 1.00.